The molecule has 0 aliphatic rings. The van der Waals surface area contributed by atoms with E-state index >= 15 is 0 Å². The van der Waals surface area contributed by atoms with Crippen LogP contribution < -0.4 is 0 Å². The van der Waals surface area contributed by atoms with Crippen molar-refractivity contribution >= 4 is 5.91 Å². The number of benzene rings is 2. The molecule has 128 valence electrons. The molecule has 1 unspecified atom stereocenters. The molecule has 0 bridgehead atoms. The molecule has 2 rings (SSSR count). The van der Waals surface area contributed by atoms with Crippen molar-refractivity contribution in [2.45, 2.75) is 19.3 Å². The maximum absolute atomic E-state index is 14.4. The average Bonchev–Trinajstić information content (AvgIpc) is 2.62. The van der Waals surface area contributed by atoms with E-state index in [1.165, 1.54) is 14.2 Å². The second-order valence-electron chi connectivity index (χ2n) is 5.63. The third-order valence-corrected chi connectivity index (χ3v) is 3.77. The van der Waals surface area contributed by atoms with Crippen LogP contribution in [0.1, 0.15) is 11.1 Å². The van der Waals surface area contributed by atoms with Crippen molar-refractivity contribution in [3.05, 3.63) is 71.8 Å². The van der Waals surface area contributed by atoms with Crippen molar-refractivity contribution in [3.63, 3.8) is 0 Å². The third-order valence-electron chi connectivity index (χ3n) is 3.77. The number of amides is 1. The zero-order chi connectivity index (χ0) is 17.4. The van der Waals surface area contributed by atoms with E-state index in [-0.39, 0.29) is 6.54 Å². The van der Waals surface area contributed by atoms with Gasteiger partial charge in [0.05, 0.1) is 7.11 Å². The lowest BCUT2D eigenvalue weighted by Gasteiger charge is -2.25. The maximum Gasteiger partial charge on any atom is 0.281 e. The zero-order valence-corrected chi connectivity index (χ0v) is 14.1. The Morgan fingerprint density at radius 3 is 1.88 bits per heavy atom. The smallest absolute Gasteiger partial charge is 0.281 e. The van der Waals surface area contributed by atoms with Crippen LogP contribution in [0.4, 0.5) is 4.39 Å². The molecule has 0 N–H and O–H groups in total. The quantitative estimate of drug-likeness (QED) is 0.698. The first kappa shape index (κ1) is 18.1. The summed E-state index contributed by atoms with van der Waals surface area (Å²) in [4.78, 5) is 18.6. The van der Waals surface area contributed by atoms with Gasteiger partial charge >= 0.3 is 0 Å². The van der Waals surface area contributed by atoms with Crippen molar-refractivity contribution in [1.82, 2.24) is 9.96 Å². The van der Waals surface area contributed by atoms with Crippen LogP contribution in [0.5, 0.6) is 0 Å². The first-order valence-corrected chi connectivity index (χ1v) is 7.86. The molecule has 0 aromatic heterocycles. The molecule has 0 fully saturated rings. The third kappa shape index (κ3) is 5.44. The zero-order valence-electron chi connectivity index (χ0n) is 14.1. The highest BCUT2D eigenvalue weighted by Gasteiger charge is 2.24. The van der Waals surface area contributed by atoms with Gasteiger partial charge in [-0.25, -0.2) is 9.45 Å². The molecule has 1 atom stereocenters. The summed E-state index contributed by atoms with van der Waals surface area (Å²) in [6.07, 6.45) is -1.64. The SMILES string of the molecule is CON(C)C(=O)C(F)CN(Cc1ccccc1)Cc1ccccc1. The highest BCUT2D eigenvalue weighted by Crippen LogP contribution is 2.12. The topological polar surface area (TPSA) is 32.8 Å². The molecule has 0 spiro atoms. The molecule has 0 heterocycles. The summed E-state index contributed by atoms with van der Waals surface area (Å²) < 4.78 is 14.4. The summed E-state index contributed by atoms with van der Waals surface area (Å²) in [5, 5.41) is 0.924. The monoisotopic (exact) mass is 330 g/mol. The van der Waals surface area contributed by atoms with Gasteiger partial charge in [-0.1, -0.05) is 60.7 Å². The fourth-order valence-electron chi connectivity index (χ4n) is 2.46. The fraction of sp³-hybridized carbons (Fsp3) is 0.316. The Balaban J connectivity index is 2.08. The normalized spacial score (nSPS) is 12.2. The average molecular weight is 330 g/mol. The van der Waals surface area contributed by atoms with Gasteiger partial charge in [-0.15, -0.1) is 0 Å². The minimum Gasteiger partial charge on any atom is -0.291 e. The van der Waals surface area contributed by atoms with Gasteiger partial charge in [-0.3, -0.25) is 14.5 Å². The van der Waals surface area contributed by atoms with Crippen LogP contribution in [0.25, 0.3) is 0 Å². The van der Waals surface area contributed by atoms with E-state index in [0.29, 0.717) is 13.1 Å². The number of nitrogens with zero attached hydrogens (tertiary/aromatic N) is 2. The molecule has 1 amide bonds. The Morgan fingerprint density at radius 1 is 1.00 bits per heavy atom. The second kappa shape index (κ2) is 9.15. The number of hydrogen-bond acceptors (Lipinski definition) is 3. The predicted molar refractivity (Wildman–Crippen MR) is 91.7 cm³/mol. The van der Waals surface area contributed by atoms with Crippen molar-refractivity contribution in [2.75, 3.05) is 20.7 Å². The molecular formula is C19H23FN2O2. The Labute approximate surface area is 142 Å². The number of rotatable bonds is 8. The van der Waals surface area contributed by atoms with E-state index in [4.69, 9.17) is 4.84 Å². The fourth-order valence-corrected chi connectivity index (χ4v) is 2.46. The summed E-state index contributed by atoms with van der Waals surface area (Å²) in [5.41, 5.74) is 2.15. The largest absolute Gasteiger partial charge is 0.291 e. The standard InChI is InChI=1S/C19H23FN2O2/c1-21(24-2)19(23)18(20)15-22(13-16-9-5-3-6-10-16)14-17-11-7-4-8-12-17/h3-12,18H,13-15H2,1-2H3. The molecule has 0 saturated carbocycles. The summed E-state index contributed by atoms with van der Waals surface area (Å²) >= 11 is 0. The minimum absolute atomic E-state index is 0.0102. The molecule has 0 radical (unpaired) electrons. The van der Waals surface area contributed by atoms with Crippen molar-refractivity contribution < 1.29 is 14.0 Å². The van der Waals surface area contributed by atoms with Crippen molar-refractivity contribution in [1.29, 1.82) is 0 Å². The summed E-state index contributed by atoms with van der Waals surface area (Å²) in [5.74, 6) is -0.677. The molecule has 2 aromatic carbocycles. The first-order valence-electron chi connectivity index (χ1n) is 7.86. The molecule has 0 saturated heterocycles. The summed E-state index contributed by atoms with van der Waals surface area (Å²) in [6.45, 7) is 1.15. The van der Waals surface area contributed by atoms with Gasteiger partial charge in [0.15, 0.2) is 6.17 Å². The lowest BCUT2D eigenvalue weighted by atomic mass is 10.1. The van der Waals surface area contributed by atoms with Crippen LogP contribution in [0, 0.1) is 0 Å². The summed E-state index contributed by atoms with van der Waals surface area (Å²) in [6, 6.07) is 19.7. The molecular weight excluding hydrogens is 307 g/mol. The molecule has 2 aromatic rings. The van der Waals surface area contributed by atoms with E-state index < -0.39 is 12.1 Å². The van der Waals surface area contributed by atoms with Gasteiger partial charge in [0, 0.05) is 26.7 Å². The van der Waals surface area contributed by atoms with E-state index in [1.54, 1.807) is 0 Å². The molecule has 0 aliphatic heterocycles. The highest BCUT2D eigenvalue weighted by molar-refractivity contribution is 5.79. The molecule has 24 heavy (non-hydrogen) atoms. The van der Waals surface area contributed by atoms with Gasteiger partial charge in [-0.2, -0.15) is 0 Å². The van der Waals surface area contributed by atoms with Crippen molar-refractivity contribution in [3.8, 4) is 0 Å². The maximum atomic E-state index is 14.4. The predicted octanol–water partition coefficient (Wildman–Crippen LogP) is 3.05. The van der Waals surface area contributed by atoms with E-state index in [0.717, 1.165) is 16.2 Å². The number of hydroxylamine groups is 2. The van der Waals surface area contributed by atoms with Gasteiger partial charge in [-0.05, 0) is 11.1 Å². The lowest BCUT2D eigenvalue weighted by Crippen LogP contribution is -2.40. The molecule has 0 aliphatic carbocycles. The molecule has 5 heteroatoms. The van der Waals surface area contributed by atoms with E-state index in [1.807, 2.05) is 65.6 Å². The number of hydrogen-bond donors (Lipinski definition) is 0. The number of carbonyl (C=O) groups is 1. The van der Waals surface area contributed by atoms with E-state index in [9.17, 15) is 9.18 Å². The van der Waals surface area contributed by atoms with Crippen LogP contribution in [0.2, 0.25) is 0 Å². The minimum atomic E-state index is -1.64. The number of halogens is 1. The van der Waals surface area contributed by atoms with Crippen LogP contribution in [0.15, 0.2) is 60.7 Å². The molecule has 4 nitrogen and oxygen atoms in total. The second-order valence-corrected chi connectivity index (χ2v) is 5.63. The first-order chi connectivity index (χ1) is 11.6. The van der Waals surface area contributed by atoms with Crippen LogP contribution in [0.3, 0.4) is 0 Å². The van der Waals surface area contributed by atoms with Gasteiger partial charge < -0.3 is 0 Å². The Kier molecular flexibility index (Phi) is 6.90. The number of carbonyl (C=O) groups excluding carboxylic acids is 1. The van der Waals surface area contributed by atoms with Gasteiger partial charge in [0.1, 0.15) is 0 Å². The number of alkyl halides is 1. The van der Waals surface area contributed by atoms with Gasteiger partial charge in [0.25, 0.3) is 5.91 Å². The van der Waals surface area contributed by atoms with Gasteiger partial charge in [0.2, 0.25) is 0 Å². The van der Waals surface area contributed by atoms with E-state index in [2.05, 4.69) is 0 Å². The van der Waals surface area contributed by atoms with Crippen LogP contribution in [-0.2, 0) is 22.7 Å². The Hall–Kier alpha value is -2.24. The summed E-state index contributed by atoms with van der Waals surface area (Å²) in [7, 11) is 2.75. The highest BCUT2D eigenvalue weighted by atomic mass is 19.1. The Morgan fingerprint density at radius 2 is 1.46 bits per heavy atom. The van der Waals surface area contributed by atoms with Crippen molar-refractivity contribution in [2.24, 2.45) is 0 Å². The van der Waals surface area contributed by atoms with Crippen LogP contribution in [-0.4, -0.2) is 42.7 Å². The lowest BCUT2D eigenvalue weighted by molar-refractivity contribution is -0.175. The Bertz CT molecular complexity index is 580. The van der Waals surface area contributed by atoms with Crippen LogP contribution >= 0.6 is 0 Å².